The van der Waals surface area contributed by atoms with Gasteiger partial charge in [-0.05, 0) is 48.4 Å². The summed E-state index contributed by atoms with van der Waals surface area (Å²) >= 11 is 1.69. The van der Waals surface area contributed by atoms with Crippen molar-refractivity contribution in [2.75, 3.05) is 11.4 Å². The normalized spacial score (nSPS) is 14.4. The molecule has 102 valence electrons. The molecule has 0 saturated heterocycles. The molecule has 0 atom stereocenters. The Kier molecular flexibility index (Phi) is 4.37. The highest BCUT2D eigenvalue weighted by atomic mass is 79.9. The van der Waals surface area contributed by atoms with Crippen LogP contribution in [0.4, 0.5) is 10.7 Å². The first kappa shape index (κ1) is 14.2. The van der Waals surface area contributed by atoms with Crippen molar-refractivity contribution in [3.05, 3.63) is 35.2 Å². The first-order chi connectivity index (χ1) is 8.75. The predicted molar refractivity (Wildman–Crippen MR) is 84.4 cm³/mol. The maximum absolute atomic E-state index is 9.71. The van der Waals surface area contributed by atoms with Crippen LogP contribution in [0.2, 0.25) is 0 Å². The van der Waals surface area contributed by atoms with E-state index in [9.17, 15) is 10.2 Å². The molecule has 19 heavy (non-hydrogen) atoms. The van der Waals surface area contributed by atoms with Gasteiger partial charge in [0.1, 0.15) is 0 Å². The summed E-state index contributed by atoms with van der Waals surface area (Å²) in [5, 5.41) is 22.6. The summed E-state index contributed by atoms with van der Waals surface area (Å²) in [5.74, 6) is -0.0704. The number of halogens is 1. The van der Waals surface area contributed by atoms with Gasteiger partial charge in [-0.2, -0.15) is 0 Å². The molecular weight excluding hydrogens is 326 g/mol. The van der Waals surface area contributed by atoms with E-state index < -0.39 is 0 Å². The third kappa shape index (κ3) is 2.72. The number of fused-ring (bicyclic) bond motifs is 1. The highest BCUT2D eigenvalue weighted by Crippen LogP contribution is 2.40. The topological polar surface area (TPSA) is 43.7 Å². The Morgan fingerprint density at radius 1 is 1.11 bits per heavy atom. The Morgan fingerprint density at radius 2 is 1.89 bits per heavy atom. The van der Waals surface area contributed by atoms with Gasteiger partial charge in [-0.1, -0.05) is 0 Å². The first-order valence-corrected chi connectivity index (χ1v) is 6.99. The van der Waals surface area contributed by atoms with Crippen molar-refractivity contribution in [1.29, 1.82) is 0 Å². The van der Waals surface area contributed by atoms with E-state index in [-0.39, 0.29) is 28.5 Å². The van der Waals surface area contributed by atoms with Crippen LogP contribution >= 0.6 is 28.3 Å². The van der Waals surface area contributed by atoms with Crippen LogP contribution in [0, 0.1) is 0 Å². The predicted octanol–water partition coefficient (Wildman–Crippen LogP) is 4.21. The molecule has 1 aromatic carbocycles. The molecule has 2 heterocycles. The van der Waals surface area contributed by atoms with Crippen LogP contribution in [-0.2, 0) is 6.42 Å². The van der Waals surface area contributed by atoms with Gasteiger partial charge in [0.2, 0.25) is 0 Å². The van der Waals surface area contributed by atoms with Gasteiger partial charge in [0.15, 0.2) is 11.5 Å². The molecule has 0 radical (unpaired) electrons. The fourth-order valence-corrected chi connectivity index (χ4v) is 3.19. The number of nitrogens with zero attached hydrogens (tertiary/aromatic N) is 1. The second kappa shape index (κ2) is 5.84. The Bertz CT molecular complexity index is 557. The largest absolute Gasteiger partial charge is 0.504 e. The van der Waals surface area contributed by atoms with E-state index in [4.69, 9.17) is 0 Å². The second-order valence-electron chi connectivity index (χ2n) is 4.53. The maximum Gasteiger partial charge on any atom is 0.159 e. The third-order valence-electron chi connectivity index (χ3n) is 3.32. The Labute approximate surface area is 126 Å². The van der Waals surface area contributed by atoms with Crippen LogP contribution in [0.15, 0.2) is 29.6 Å². The zero-order valence-corrected chi connectivity index (χ0v) is 12.9. The third-order valence-corrected chi connectivity index (χ3v) is 4.21. The van der Waals surface area contributed by atoms with Crippen molar-refractivity contribution < 1.29 is 10.2 Å². The number of aryl methyl sites for hydroxylation is 1. The van der Waals surface area contributed by atoms with Crippen LogP contribution in [-0.4, -0.2) is 16.8 Å². The Balaban J connectivity index is 0.00000133. The molecule has 0 fully saturated rings. The molecule has 5 heteroatoms. The SMILES string of the molecule is Br.Oc1cc2c(cc1O)N(c1cccs1)CCCC2. The molecule has 2 aromatic rings. The van der Waals surface area contributed by atoms with Gasteiger partial charge in [0.05, 0.1) is 5.00 Å². The average Bonchev–Trinajstić information content (AvgIpc) is 2.80. The van der Waals surface area contributed by atoms with Gasteiger partial charge in [-0.15, -0.1) is 28.3 Å². The zero-order chi connectivity index (χ0) is 12.5. The quantitative estimate of drug-likeness (QED) is 0.763. The summed E-state index contributed by atoms with van der Waals surface area (Å²) in [5.41, 5.74) is 2.13. The van der Waals surface area contributed by atoms with E-state index in [0.717, 1.165) is 37.1 Å². The lowest BCUT2D eigenvalue weighted by Gasteiger charge is -2.23. The zero-order valence-electron chi connectivity index (χ0n) is 10.4. The molecule has 0 aliphatic carbocycles. The molecule has 0 saturated carbocycles. The minimum absolute atomic E-state index is 0. The molecule has 1 aromatic heterocycles. The van der Waals surface area contributed by atoms with Gasteiger partial charge in [0, 0.05) is 18.3 Å². The highest BCUT2D eigenvalue weighted by molar-refractivity contribution is 8.93. The standard InChI is InChI=1S/C14H15NO2S.BrH/c16-12-8-10-4-1-2-6-15(11(10)9-13(12)17)14-5-3-7-18-14;/h3,5,7-9,16-17H,1-2,4,6H2;1H. The van der Waals surface area contributed by atoms with Gasteiger partial charge in [0.25, 0.3) is 0 Å². The summed E-state index contributed by atoms with van der Waals surface area (Å²) in [6.07, 6.45) is 3.18. The van der Waals surface area contributed by atoms with Crippen molar-refractivity contribution in [2.24, 2.45) is 0 Å². The molecule has 3 nitrogen and oxygen atoms in total. The second-order valence-corrected chi connectivity index (χ2v) is 5.46. The number of rotatable bonds is 1. The van der Waals surface area contributed by atoms with Crippen molar-refractivity contribution in [3.63, 3.8) is 0 Å². The smallest absolute Gasteiger partial charge is 0.159 e. The van der Waals surface area contributed by atoms with E-state index >= 15 is 0 Å². The fourth-order valence-electron chi connectivity index (χ4n) is 2.42. The molecule has 1 aliphatic heterocycles. The Morgan fingerprint density at radius 3 is 2.63 bits per heavy atom. The molecule has 0 bridgehead atoms. The maximum atomic E-state index is 9.71. The monoisotopic (exact) mass is 341 g/mol. The number of anilines is 2. The lowest BCUT2D eigenvalue weighted by Crippen LogP contribution is -2.16. The molecule has 3 rings (SSSR count). The molecule has 0 amide bonds. The van der Waals surface area contributed by atoms with Crippen molar-refractivity contribution in [3.8, 4) is 11.5 Å². The first-order valence-electron chi connectivity index (χ1n) is 6.11. The van der Waals surface area contributed by atoms with Gasteiger partial charge in [-0.3, -0.25) is 0 Å². The van der Waals surface area contributed by atoms with E-state index in [2.05, 4.69) is 16.3 Å². The molecule has 1 aliphatic rings. The summed E-state index contributed by atoms with van der Waals surface area (Å²) in [6.45, 7) is 0.956. The van der Waals surface area contributed by atoms with E-state index in [0.29, 0.717) is 0 Å². The van der Waals surface area contributed by atoms with E-state index in [1.807, 2.05) is 6.07 Å². The summed E-state index contributed by atoms with van der Waals surface area (Å²) in [4.78, 5) is 2.23. The average molecular weight is 342 g/mol. The summed E-state index contributed by atoms with van der Waals surface area (Å²) in [6, 6.07) is 7.49. The van der Waals surface area contributed by atoms with Crippen molar-refractivity contribution in [2.45, 2.75) is 19.3 Å². The van der Waals surface area contributed by atoms with Crippen LogP contribution in [0.3, 0.4) is 0 Å². The molecule has 0 spiro atoms. The number of aromatic hydroxyl groups is 2. The van der Waals surface area contributed by atoms with Crippen molar-refractivity contribution >= 4 is 39.0 Å². The van der Waals surface area contributed by atoms with Gasteiger partial charge >= 0.3 is 0 Å². The van der Waals surface area contributed by atoms with E-state index in [1.165, 1.54) is 5.00 Å². The number of phenols is 2. The van der Waals surface area contributed by atoms with Crippen LogP contribution in [0.25, 0.3) is 0 Å². The minimum atomic E-state index is -0.0443. The number of phenolic OH excluding ortho intramolecular Hbond substituents is 2. The summed E-state index contributed by atoms with van der Waals surface area (Å²) < 4.78 is 0. The molecule has 2 N–H and O–H groups in total. The summed E-state index contributed by atoms with van der Waals surface area (Å²) in [7, 11) is 0. The van der Waals surface area contributed by atoms with E-state index in [1.54, 1.807) is 23.5 Å². The number of benzene rings is 1. The fraction of sp³-hybridized carbons (Fsp3) is 0.286. The lowest BCUT2D eigenvalue weighted by atomic mass is 10.1. The number of hydrogen-bond acceptors (Lipinski definition) is 4. The molecule has 0 unspecified atom stereocenters. The number of hydrogen-bond donors (Lipinski definition) is 2. The number of thiophene rings is 1. The van der Waals surface area contributed by atoms with Gasteiger partial charge < -0.3 is 15.1 Å². The Hall–Kier alpha value is -1.20. The van der Waals surface area contributed by atoms with Crippen LogP contribution in [0.1, 0.15) is 18.4 Å². The van der Waals surface area contributed by atoms with Crippen LogP contribution in [0.5, 0.6) is 11.5 Å². The van der Waals surface area contributed by atoms with Crippen LogP contribution < -0.4 is 4.90 Å². The van der Waals surface area contributed by atoms with Gasteiger partial charge in [-0.25, -0.2) is 0 Å². The highest BCUT2D eigenvalue weighted by Gasteiger charge is 2.19. The minimum Gasteiger partial charge on any atom is -0.504 e. The van der Waals surface area contributed by atoms with Crippen molar-refractivity contribution in [1.82, 2.24) is 0 Å². The molecular formula is C14H16BrNO2S. The lowest BCUT2D eigenvalue weighted by molar-refractivity contribution is 0.403.